The third-order valence-electron chi connectivity index (χ3n) is 5.44. The first-order valence-electron chi connectivity index (χ1n) is 9.82. The SMILES string of the molecule is CC1CN(C(=O)C(C)(C)c2cccc(Cl)c2)CCN1C(=O)OCc1ccccc1. The van der Waals surface area contributed by atoms with Crippen molar-refractivity contribution in [1.82, 2.24) is 9.80 Å². The number of carbonyl (C=O) groups excluding carboxylic acids is 2. The van der Waals surface area contributed by atoms with Gasteiger partial charge in [0, 0.05) is 30.7 Å². The quantitative estimate of drug-likeness (QED) is 0.740. The zero-order valence-corrected chi connectivity index (χ0v) is 17.9. The number of piperazine rings is 1. The highest BCUT2D eigenvalue weighted by molar-refractivity contribution is 6.30. The van der Waals surface area contributed by atoms with Crippen LogP contribution in [-0.4, -0.2) is 47.5 Å². The molecule has 29 heavy (non-hydrogen) atoms. The van der Waals surface area contributed by atoms with E-state index in [1.165, 1.54) is 0 Å². The molecule has 2 amide bonds. The predicted molar refractivity (Wildman–Crippen MR) is 114 cm³/mol. The molecule has 154 valence electrons. The lowest BCUT2D eigenvalue weighted by atomic mass is 9.83. The molecule has 1 aliphatic heterocycles. The average molecular weight is 415 g/mol. The summed E-state index contributed by atoms with van der Waals surface area (Å²) < 4.78 is 5.45. The molecule has 0 spiro atoms. The third-order valence-corrected chi connectivity index (χ3v) is 5.67. The molecule has 1 saturated heterocycles. The van der Waals surface area contributed by atoms with Crippen LogP contribution in [0.2, 0.25) is 5.02 Å². The first-order chi connectivity index (χ1) is 13.8. The summed E-state index contributed by atoms with van der Waals surface area (Å²) in [7, 11) is 0. The van der Waals surface area contributed by atoms with Crippen LogP contribution in [0.25, 0.3) is 0 Å². The molecule has 1 unspecified atom stereocenters. The smallest absolute Gasteiger partial charge is 0.410 e. The summed E-state index contributed by atoms with van der Waals surface area (Å²) in [4.78, 5) is 29.2. The van der Waals surface area contributed by atoms with Gasteiger partial charge >= 0.3 is 6.09 Å². The van der Waals surface area contributed by atoms with E-state index in [4.69, 9.17) is 16.3 Å². The summed E-state index contributed by atoms with van der Waals surface area (Å²) in [5.41, 5.74) is 1.14. The Hall–Kier alpha value is -2.53. The maximum atomic E-state index is 13.2. The van der Waals surface area contributed by atoms with Crippen LogP contribution in [0.15, 0.2) is 54.6 Å². The van der Waals surface area contributed by atoms with E-state index < -0.39 is 5.41 Å². The molecule has 1 atom stereocenters. The van der Waals surface area contributed by atoms with E-state index in [0.29, 0.717) is 24.7 Å². The number of rotatable bonds is 4. The van der Waals surface area contributed by atoms with Crippen molar-refractivity contribution in [2.75, 3.05) is 19.6 Å². The Morgan fingerprint density at radius 2 is 1.83 bits per heavy atom. The largest absolute Gasteiger partial charge is 0.445 e. The minimum absolute atomic E-state index is 0.0314. The van der Waals surface area contributed by atoms with Gasteiger partial charge in [-0.3, -0.25) is 4.79 Å². The highest BCUT2D eigenvalue weighted by Gasteiger charge is 2.38. The third kappa shape index (κ3) is 4.91. The molecule has 0 saturated carbocycles. The Balaban J connectivity index is 1.60. The second-order valence-corrected chi connectivity index (χ2v) is 8.41. The van der Waals surface area contributed by atoms with Gasteiger partial charge in [-0.1, -0.05) is 54.1 Å². The van der Waals surface area contributed by atoms with Gasteiger partial charge in [-0.15, -0.1) is 0 Å². The van der Waals surface area contributed by atoms with Gasteiger partial charge in [0.25, 0.3) is 0 Å². The maximum Gasteiger partial charge on any atom is 0.410 e. The molecule has 2 aromatic rings. The van der Waals surface area contributed by atoms with Gasteiger partial charge in [0.2, 0.25) is 5.91 Å². The second kappa shape index (κ2) is 8.87. The predicted octanol–water partition coefficient (Wildman–Crippen LogP) is 4.49. The van der Waals surface area contributed by atoms with E-state index in [1.54, 1.807) is 11.0 Å². The summed E-state index contributed by atoms with van der Waals surface area (Å²) >= 11 is 6.11. The van der Waals surface area contributed by atoms with Crippen LogP contribution >= 0.6 is 11.6 Å². The molecule has 5 nitrogen and oxygen atoms in total. The van der Waals surface area contributed by atoms with Crippen LogP contribution < -0.4 is 0 Å². The van der Waals surface area contributed by atoms with E-state index in [9.17, 15) is 9.59 Å². The van der Waals surface area contributed by atoms with Crippen LogP contribution in [0.3, 0.4) is 0 Å². The Morgan fingerprint density at radius 1 is 1.10 bits per heavy atom. The summed E-state index contributed by atoms with van der Waals surface area (Å²) in [5.74, 6) is 0.0314. The van der Waals surface area contributed by atoms with Gasteiger partial charge in [0.15, 0.2) is 0 Å². The van der Waals surface area contributed by atoms with Crippen molar-refractivity contribution in [3.05, 3.63) is 70.7 Å². The molecule has 1 fully saturated rings. The highest BCUT2D eigenvalue weighted by Crippen LogP contribution is 2.29. The lowest BCUT2D eigenvalue weighted by Gasteiger charge is -2.42. The first-order valence-corrected chi connectivity index (χ1v) is 10.2. The number of carbonyl (C=O) groups is 2. The van der Waals surface area contributed by atoms with E-state index in [2.05, 4.69) is 0 Å². The fourth-order valence-electron chi connectivity index (χ4n) is 3.61. The average Bonchev–Trinajstić information content (AvgIpc) is 2.72. The molecule has 0 radical (unpaired) electrons. The zero-order chi connectivity index (χ0) is 21.0. The fourth-order valence-corrected chi connectivity index (χ4v) is 3.80. The number of halogens is 1. The molecule has 0 N–H and O–H groups in total. The van der Waals surface area contributed by atoms with E-state index in [1.807, 2.05) is 74.2 Å². The van der Waals surface area contributed by atoms with Gasteiger partial charge in [-0.2, -0.15) is 0 Å². The maximum absolute atomic E-state index is 13.2. The number of amides is 2. The minimum Gasteiger partial charge on any atom is -0.445 e. The molecular weight excluding hydrogens is 388 g/mol. The molecule has 6 heteroatoms. The lowest BCUT2D eigenvalue weighted by Crippen LogP contribution is -2.58. The molecule has 3 rings (SSSR count). The number of hydrogen-bond acceptors (Lipinski definition) is 3. The van der Waals surface area contributed by atoms with Gasteiger partial charge in [0.1, 0.15) is 6.61 Å². The topological polar surface area (TPSA) is 49.9 Å². The molecular formula is C23H27ClN2O3. The number of hydrogen-bond donors (Lipinski definition) is 0. The standard InChI is InChI=1S/C23H27ClN2O3/c1-17-15-25(21(27)23(2,3)19-10-7-11-20(24)14-19)12-13-26(17)22(28)29-16-18-8-5-4-6-9-18/h4-11,14,17H,12-13,15-16H2,1-3H3. The molecule has 0 aromatic heterocycles. The van der Waals surface area contributed by atoms with E-state index >= 15 is 0 Å². The monoisotopic (exact) mass is 414 g/mol. The molecule has 0 aliphatic carbocycles. The summed E-state index contributed by atoms with van der Waals surface area (Å²) in [6.07, 6.45) is -0.345. The lowest BCUT2D eigenvalue weighted by molar-refractivity contribution is -0.139. The minimum atomic E-state index is -0.694. The molecule has 1 heterocycles. The van der Waals surface area contributed by atoms with Crippen LogP contribution in [0.5, 0.6) is 0 Å². The van der Waals surface area contributed by atoms with Crippen molar-refractivity contribution in [2.45, 2.75) is 38.8 Å². The van der Waals surface area contributed by atoms with Crippen LogP contribution in [0.4, 0.5) is 4.79 Å². The normalized spacial score (nSPS) is 17.2. The summed E-state index contributed by atoms with van der Waals surface area (Å²) in [6.45, 7) is 7.41. The Kier molecular flexibility index (Phi) is 6.48. The van der Waals surface area contributed by atoms with E-state index in [-0.39, 0.29) is 24.6 Å². The number of benzene rings is 2. The van der Waals surface area contributed by atoms with Crippen molar-refractivity contribution < 1.29 is 14.3 Å². The van der Waals surface area contributed by atoms with Gasteiger partial charge in [0.05, 0.1) is 5.41 Å². The Bertz CT molecular complexity index is 869. The molecule has 1 aliphatic rings. The molecule has 0 bridgehead atoms. The Morgan fingerprint density at radius 3 is 2.48 bits per heavy atom. The van der Waals surface area contributed by atoms with E-state index in [0.717, 1.165) is 11.1 Å². The van der Waals surface area contributed by atoms with Crippen LogP contribution in [0.1, 0.15) is 31.9 Å². The van der Waals surface area contributed by atoms with Crippen LogP contribution in [0, 0.1) is 0 Å². The van der Waals surface area contributed by atoms with Crippen molar-refractivity contribution >= 4 is 23.6 Å². The number of ether oxygens (including phenoxy) is 1. The fraction of sp³-hybridized carbons (Fsp3) is 0.391. The van der Waals surface area contributed by atoms with Crippen molar-refractivity contribution in [1.29, 1.82) is 0 Å². The summed E-state index contributed by atoms with van der Waals surface area (Å²) in [5, 5.41) is 0.614. The summed E-state index contributed by atoms with van der Waals surface area (Å²) in [6, 6.07) is 16.9. The van der Waals surface area contributed by atoms with Crippen molar-refractivity contribution in [3.8, 4) is 0 Å². The van der Waals surface area contributed by atoms with Crippen molar-refractivity contribution in [3.63, 3.8) is 0 Å². The van der Waals surface area contributed by atoms with Gasteiger partial charge < -0.3 is 14.5 Å². The van der Waals surface area contributed by atoms with Crippen molar-refractivity contribution in [2.24, 2.45) is 0 Å². The highest BCUT2D eigenvalue weighted by atomic mass is 35.5. The van der Waals surface area contributed by atoms with Gasteiger partial charge in [-0.25, -0.2) is 4.79 Å². The molecule has 2 aromatic carbocycles. The first kappa shape index (κ1) is 21.2. The van der Waals surface area contributed by atoms with Crippen LogP contribution in [-0.2, 0) is 21.6 Å². The van der Waals surface area contributed by atoms with Gasteiger partial charge in [-0.05, 0) is 44.0 Å². The zero-order valence-electron chi connectivity index (χ0n) is 17.1. The Labute approximate surface area is 177 Å². The second-order valence-electron chi connectivity index (χ2n) is 7.97. The number of nitrogens with zero attached hydrogens (tertiary/aromatic N) is 2.